The molecule has 25 heavy (non-hydrogen) atoms. The van der Waals surface area contributed by atoms with Crippen LogP contribution in [0.2, 0.25) is 0 Å². The van der Waals surface area contributed by atoms with Crippen LogP contribution in [0, 0.1) is 13.8 Å². The summed E-state index contributed by atoms with van der Waals surface area (Å²) in [6.45, 7) is 4.14. The average molecular weight is 397 g/mol. The molecule has 3 aromatic rings. The van der Waals surface area contributed by atoms with Crippen LogP contribution in [0.15, 0.2) is 59.1 Å². The topological polar surface area (TPSA) is 45.1 Å². The van der Waals surface area contributed by atoms with E-state index in [1.807, 2.05) is 24.3 Å². The summed E-state index contributed by atoms with van der Waals surface area (Å²) in [6, 6.07) is 18.6. The monoisotopic (exact) mass is 396 g/mol. The fraction of sp³-hybridized carbons (Fsp3) is 0.190. The number of carboxylic acids is 1. The quantitative estimate of drug-likeness (QED) is 0.648. The normalized spacial score (nSPS) is 10.8. The van der Waals surface area contributed by atoms with Gasteiger partial charge in [-0.05, 0) is 79.8 Å². The van der Waals surface area contributed by atoms with Crippen LogP contribution in [0.5, 0.6) is 0 Å². The number of carbonyl (C=O) groups excluding carboxylic acids is 1. The summed E-state index contributed by atoms with van der Waals surface area (Å²) in [5.74, 6) is -1.03. The van der Waals surface area contributed by atoms with E-state index in [2.05, 4.69) is 64.7 Å². The predicted octanol–water partition coefficient (Wildman–Crippen LogP) is 4.21. The SMILES string of the molecule is Cc1cc(C)cc(-n2c(CCC(=O)[O-])ccc2-c2ccc(Br)cc2)c1. The van der Waals surface area contributed by atoms with Gasteiger partial charge in [0.15, 0.2) is 0 Å². The summed E-state index contributed by atoms with van der Waals surface area (Å²) < 4.78 is 3.17. The van der Waals surface area contributed by atoms with Crippen molar-refractivity contribution in [2.75, 3.05) is 0 Å². The van der Waals surface area contributed by atoms with Crippen LogP contribution in [0.1, 0.15) is 23.2 Å². The van der Waals surface area contributed by atoms with E-state index >= 15 is 0 Å². The first-order valence-corrected chi connectivity index (χ1v) is 8.98. The van der Waals surface area contributed by atoms with Crippen molar-refractivity contribution in [3.63, 3.8) is 0 Å². The van der Waals surface area contributed by atoms with Gasteiger partial charge in [-0.2, -0.15) is 0 Å². The standard InChI is InChI=1S/C21H20BrNO2/c1-14-11-15(2)13-19(12-14)23-18(8-10-21(24)25)7-9-20(23)16-3-5-17(22)6-4-16/h3-7,9,11-13H,8,10H2,1-2H3,(H,24,25)/p-1. The van der Waals surface area contributed by atoms with Gasteiger partial charge in [0.25, 0.3) is 0 Å². The number of aromatic nitrogens is 1. The Morgan fingerprint density at radius 1 is 1.00 bits per heavy atom. The minimum atomic E-state index is -1.03. The first kappa shape index (κ1) is 17.5. The van der Waals surface area contributed by atoms with Crippen LogP contribution in [-0.4, -0.2) is 10.5 Å². The van der Waals surface area contributed by atoms with Crippen LogP contribution < -0.4 is 5.11 Å². The molecule has 0 amide bonds. The van der Waals surface area contributed by atoms with Gasteiger partial charge in [-0.3, -0.25) is 0 Å². The number of aliphatic carboxylic acids is 1. The van der Waals surface area contributed by atoms with E-state index in [9.17, 15) is 9.90 Å². The summed E-state index contributed by atoms with van der Waals surface area (Å²) in [5.41, 5.74) is 6.50. The van der Waals surface area contributed by atoms with Gasteiger partial charge in [-0.15, -0.1) is 0 Å². The zero-order valence-electron chi connectivity index (χ0n) is 14.3. The molecule has 0 saturated carbocycles. The largest absolute Gasteiger partial charge is 0.550 e. The van der Waals surface area contributed by atoms with Crippen LogP contribution >= 0.6 is 15.9 Å². The number of halogens is 1. The second-order valence-corrected chi connectivity index (χ2v) is 7.19. The lowest BCUT2D eigenvalue weighted by atomic mass is 10.1. The summed E-state index contributed by atoms with van der Waals surface area (Å²) in [7, 11) is 0. The van der Waals surface area contributed by atoms with Crippen LogP contribution in [-0.2, 0) is 11.2 Å². The Labute approximate surface area is 156 Å². The summed E-state index contributed by atoms with van der Waals surface area (Å²) in [5, 5.41) is 10.9. The molecule has 0 spiro atoms. The summed E-state index contributed by atoms with van der Waals surface area (Å²) >= 11 is 3.47. The molecule has 0 bridgehead atoms. The van der Waals surface area contributed by atoms with Gasteiger partial charge in [0.1, 0.15) is 0 Å². The molecule has 128 valence electrons. The first-order valence-electron chi connectivity index (χ1n) is 8.19. The molecule has 0 radical (unpaired) electrons. The van der Waals surface area contributed by atoms with Gasteiger partial charge in [0.2, 0.25) is 0 Å². The van der Waals surface area contributed by atoms with Crippen molar-refractivity contribution in [2.24, 2.45) is 0 Å². The van der Waals surface area contributed by atoms with Crippen molar-refractivity contribution in [2.45, 2.75) is 26.7 Å². The first-order chi connectivity index (χ1) is 11.9. The lowest BCUT2D eigenvalue weighted by molar-refractivity contribution is -0.305. The molecule has 1 heterocycles. The van der Waals surface area contributed by atoms with E-state index in [4.69, 9.17) is 0 Å². The van der Waals surface area contributed by atoms with Crippen molar-refractivity contribution in [1.29, 1.82) is 0 Å². The van der Waals surface area contributed by atoms with Crippen LogP contribution in [0.4, 0.5) is 0 Å². The third kappa shape index (κ3) is 4.02. The molecule has 0 unspecified atom stereocenters. The van der Waals surface area contributed by atoms with Crippen molar-refractivity contribution in [3.05, 3.63) is 75.9 Å². The smallest absolute Gasteiger partial charge is 0.0531 e. The van der Waals surface area contributed by atoms with Gasteiger partial charge >= 0.3 is 0 Å². The minimum absolute atomic E-state index is 0.00852. The van der Waals surface area contributed by atoms with Gasteiger partial charge in [0, 0.05) is 21.8 Å². The van der Waals surface area contributed by atoms with E-state index in [0.717, 1.165) is 27.1 Å². The molecule has 4 heteroatoms. The van der Waals surface area contributed by atoms with Gasteiger partial charge in [0.05, 0.1) is 5.69 Å². The number of benzene rings is 2. The molecule has 0 saturated heterocycles. The Balaban J connectivity index is 2.15. The molecule has 0 aliphatic heterocycles. The molecule has 3 nitrogen and oxygen atoms in total. The zero-order valence-corrected chi connectivity index (χ0v) is 15.8. The number of hydrogen-bond acceptors (Lipinski definition) is 2. The summed E-state index contributed by atoms with van der Waals surface area (Å²) in [4.78, 5) is 10.9. The maximum atomic E-state index is 10.9. The van der Waals surface area contributed by atoms with Gasteiger partial charge < -0.3 is 14.5 Å². The van der Waals surface area contributed by atoms with Gasteiger partial charge in [-0.1, -0.05) is 34.1 Å². The average Bonchev–Trinajstić information content (AvgIpc) is 2.96. The molecule has 0 atom stereocenters. The molecular weight excluding hydrogens is 378 g/mol. The molecule has 0 aliphatic rings. The Morgan fingerprint density at radius 2 is 1.64 bits per heavy atom. The molecule has 0 aliphatic carbocycles. The fourth-order valence-electron chi connectivity index (χ4n) is 3.13. The number of carboxylic acid groups (broad SMARTS) is 1. The lowest BCUT2D eigenvalue weighted by Gasteiger charge is -2.16. The maximum Gasteiger partial charge on any atom is 0.0531 e. The molecule has 0 N–H and O–H groups in total. The van der Waals surface area contributed by atoms with Crippen LogP contribution in [0.3, 0.4) is 0 Å². The third-order valence-corrected chi connectivity index (χ3v) is 4.68. The minimum Gasteiger partial charge on any atom is -0.550 e. The van der Waals surface area contributed by atoms with E-state index in [0.29, 0.717) is 6.42 Å². The Hall–Kier alpha value is -2.33. The molecule has 0 fully saturated rings. The highest BCUT2D eigenvalue weighted by atomic mass is 79.9. The van der Waals surface area contributed by atoms with Gasteiger partial charge in [-0.25, -0.2) is 0 Å². The van der Waals surface area contributed by atoms with Crippen LogP contribution in [0.25, 0.3) is 16.9 Å². The number of nitrogens with zero attached hydrogens (tertiary/aromatic N) is 1. The lowest BCUT2D eigenvalue weighted by Crippen LogP contribution is -2.22. The Kier molecular flexibility index (Phi) is 5.09. The highest BCUT2D eigenvalue weighted by Gasteiger charge is 2.13. The van der Waals surface area contributed by atoms with E-state index < -0.39 is 5.97 Å². The molecular formula is C21H19BrNO2-. The second kappa shape index (κ2) is 7.28. The molecule has 1 aromatic heterocycles. The maximum absolute atomic E-state index is 10.9. The highest BCUT2D eigenvalue weighted by molar-refractivity contribution is 9.10. The number of aryl methyl sites for hydroxylation is 3. The zero-order chi connectivity index (χ0) is 18.0. The van der Waals surface area contributed by atoms with Crippen molar-refractivity contribution in [3.8, 4) is 16.9 Å². The molecule has 3 rings (SSSR count). The Morgan fingerprint density at radius 3 is 2.24 bits per heavy atom. The van der Waals surface area contributed by atoms with E-state index in [-0.39, 0.29) is 6.42 Å². The highest BCUT2D eigenvalue weighted by Crippen LogP contribution is 2.29. The summed E-state index contributed by atoms with van der Waals surface area (Å²) in [6.07, 6.45) is 0.445. The van der Waals surface area contributed by atoms with Crippen molar-refractivity contribution >= 4 is 21.9 Å². The van der Waals surface area contributed by atoms with E-state index in [1.54, 1.807) is 0 Å². The predicted molar refractivity (Wildman–Crippen MR) is 102 cm³/mol. The van der Waals surface area contributed by atoms with E-state index in [1.165, 1.54) is 11.1 Å². The number of rotatable bonds is 5. The second-order valence-electron chi connectivity index (χ2n) is 6.27. The number of carbonyl (C=O) groups is 1. The van der Waals surface area contributed by atoms with Crippen molar-refractivity contribution < 1.29 is 9.90 Å². The Bertz CT molecular complexity index is 890. The molecule has 2 aromatic carbocycles. The van der Waals surface area contributed by atoms with Crippen molar-refractivity contribution in [1.82, 2.24) is 4.57 Å². The number of hydrogen-bond donors (Lipinski definition) is 0. The third-order valence-electron chi connectivity index (χ3n) is 4.15. The fourth-order valence-corrected chi connectivity index (χ4v) is 3.40.